The molecule has 0 fully saturated rings. The van der Waals surface area contributed by atoms with E-state index < -0.39 is 0 Å². The Bertz CT molecular complexity index is 685. The number of nitrogens with one attached hydrogen (secondary N) is 2. The van der Waals surface area contributed by atoms with Crippen LogP contribution in [-0.4, -0.2) is 26.5 Å². The quantitative estimate of drug-likeness (QED) is 0.694. The number of halogens is 1. The molecule has 0 saturated heterocycles. The average molecular weight is 306 g/mol. The number of nitrogens with two attached hydrogens (primary N) is 1. The van der Waals surface area contributed by atoms with Crippen LogP contribution in [0.5, 0.6) is 0 Å². The van der Waals surface area contributed by atoms with Crippen molar-refractivity contribution in [3.8, 4) is 11.3 Å². The molecule has 0 radical (unpaired) electrons. The summed E-state index contributed by atoms with van der Waals surface area (Å²) in [6.07, 6.45) is 2.43. The minimum atomic E-state index is 0.582. The molecule has 3 aromatic rings. The first kappa shape index (κ1) is 11.4. The number of hydrogen-bond acceptors (Lipinski definition) is 3. The predicted octanol–water partition coefficient (Wildman–Crippen LogP) is 2.22. The standard InChI is InChI=1S/C12H12BrN5/c13-12-11(17-10(18-12)3-4-14)7-1-2-8-9(5-7)16-6-15-8/h1-2,5-6H,3-4,14H2,(H,15,16)(H,17,18). The molecule has 0 unspecified atom stereocenters. The molecule has 0 atom stereocenters. The van der Waals surface area contributed by atoms with Gasteiger partial charge in [0.05, 0.1) is 17.4 Å². The monoisotopic (exact) mass is 305 g/mol. The molecule has 0 aliphatic rings. The van der Waals surface area contributed by atoms with Crippen molar-refractivity contribution in [2.24, 2.45) is 5.73 Å². The van der Waals surface area contributed by atoms with E-state index in [4.69, 9.17) is 5.73 Å². The molecular formula is C12H12BrN5. The van der Waals surface area contributed by atoms with Gasteiger partial charge in [-0.25, -0.2) is 9.97 Å². The van der Waals surface area contributed by atoms with Crippen LogP contribution in [0.15, 0.2) is 29.1 Å². The zero-order valence-corrected chi connectivity index (χ0v) is 11.2. The van der Waals surface area contributed by atoms with Gasteiger partial charge < -0.3 is 15.7 Å². The number of fused-ring (bicyclic) bond motifs is 1. The van der Waals surface area contributed by atoms with Gasteiger partial charge in [-0.15, -0.1) is 0 Å². The van der Waals surface area contributed by atoms with Gasteiger partial charge in [0, 0.05) is 12.0 Å². The highest BCUT2D eigenvalue weighted by atomic mass is 79.9. The van der Waals surface area contributed by atoms with Crippen molar-refractivity contribution in [2.75, 3.05) is 6.54 Å². The number of imidazole rings is 2. The van der Waals surface area contributed by atoms with Crippen LogP contribution < -0.4 is 5.73 Å². The maximum Gasteiger partial charge on any atom is 0.110 e. The Morgan fingerprint density at radius 3 is 3.06 bits per heavy atom. The molecule has 6 heteroatoms. The second kappa shape index (κ2) is 4.55. The Kier molecular flexibility index (Phi) is 2.89. The number of H-pyrrole nitrogens is 2. The number of aromatic nitrogens is 4. The van der Waals surface area contributed by atoms with Crippen LogP contribution in [0.1, 0.15) is 5.82 Å². The fraction of sp³-hybridized carbons (Fsp3) is 0.167. The smallest absolute Gasteiger partial charge is 0.110 e. The van der Waals surface area contributed by atoms with Crippen molar-refractivity contribution in [3.63, 3.8) is 0 Å². The van der Waals surface area contributed by atoms with Gasteiger partial charge in [0.2, 0.25) is 0 Å². The lowest BCUT2D eigenvalue weighted by Gasteiger charge is -1.97. The van der Waals surface area contributed by atoms with Crippen LogP contribution in [0.2, 0.25) is 0 Å². The number of benzene rings is 1. The van der Waals surface area contributed by atoms with E-state index in [1.807, 2.05) is 18.2 Å². The molecule has 0 amide bonds. The molecule has 2 heterocycles. The Morgan fingerprint density at radius 1 is 1.33 bits per heavy atom. The van der Waals surface area contributed by atoms with E-state index in [0.717, 1.165) is 39.1 Å². The lowest BCUT2D eigenvalue weighted by molar-refractivity contribution is 0.893. The molecule has 0 aliphatic heterocycles. The Balaban J connectivity index is 2.07. The fourth-order valence-corrected chi connectivity index (χ4v) is 2.47. The van der Waals surface area contributed by atoms with E-state index in [-0.39, 0.29) is 0 Å². The largest absolute Gasteiger partial charge is 0.345 e. The topological polar surface area (TPSA) is 83.4 Å². The highest BCUT2D eigenvalue weighted by Gasteiger charge is 2.10. The Hall–Kier alpha value is -1.66. The highest BCUT2D eigenvalue weighted by molar-refractivity contribution is 9.10. The number of nitrogens with zero attached hydrogens (tertiary/aromatic N) is 2. The number of aromatic amines is 2. The Labute approximate surface area is 112 Å². The number of hydrogen-bond donors (Lipinski definition) is 3. The average Bonchev–Trinajstić information content (AvgIpc) is 2.95. The van der Waals surface area contributed by atoms with Crippen LogP contribution in [-0.2, 0) is 6.42 Å². The van der Waals surface area contributed by atoms with Gasteiger partial charge in [0.15, 0.2) is 0 Å². The molecule has 18 heavy (non-hydrogen) atoms. The minimum absolute atomic E-state index is 0.582. The van der Waals surface area contributed by atoms with E-state index in [1.54, 1.807) is 6.33 Å². The minimum Gasteiger partial charge on any atom is -0.345 e. The summed E-state index contributed by atoms with van der Waals surface area (Å²) in [4.78, 5) is 15.0. The molecule has 4 N–H and O–H groups in total. The molecular weight excluding hydrogens is 294 g/mol. The Morgan fingerprint density at radius 2 is 2.22 bits per heavy atom. The summed E-state index contributed by atoms with van der Waals surface area (Å²) in [6.45, 7) is 0.582. The van der Waals surface area contributed by atoms with Crippen LogP contribution in [0.3, 0.4) is 0 Å². The van der Waals surface area contributed by atoms with E-state index >= 15 is 0 Å². The first-order chi connectivity index (χ1) is 8.78. The van der Waals surface area contributed by atoms with Gasteiger partial charge in [-0.1, -0.05) is 6.07 Å². The van der Waals surface area contributed by atoms with Gasteiger partial charge in [-0.2, -0.15) is 0 Å². The molecule has 0 bridgehead atoms. The van der Waals surface area contributed by atoms with Crippen molar-refractivity contribution < 1.29 is 0 Å². The fourth-order valence-electron chi connectivity index (χ4n) is 1.93. The van der Waals surface area contributed by atoms with E-state index in [0.29, 0.717) is 6.54 Å². The molecule has 0 aliphatic carbocycles. The van der Waals surface area contributed by atoms with E-state index in [2.05, 4.69) is 35.9 Å². The van der Waals surface area contributed by atoms with Crippen molar-refractivity contribution in [2.45, 2.75) is 6.42 Å². The molecule has 2 aromatic heterocycles. The first-order valence-electron chi connectivity index (χ1n) is 5.66. The summed E-state index contributed by atoms with van der Waals surface area (Å²) < 4.78 is 0.879. The van der Waals surface area contributed by atoms with E-state index in [9.17, 15) is 0 Å². The molecule has 3 rings (SSSR count). The second-order valence-electron chi connectivity index (χ2n) is 4.02. The van der Waals surface area contributed by atoms with Crippen LogP contribution in [0.4, 0.5) is 0 Å². The van der Waals surface area contributed by atoms with Crippen LogP contribution in [0, 0.1) is 0 Å². The van der Waals surface area contributed by atoms with Crippen LogP contribution in [0.25, 0.3) is 22.3 Å². The van der Waals surface area contributed by atoms with Gasteiger partial charge in [0.1, 0.15) is 16.1 Å². The van der Waals surface area contributed by atoms with Crippen molar-refractivity contribution in [3.05, 3.63) is 35.0 Å². The maximum absolute atomic E-state index is 5.53. The van der Waals surface area contributed by atoms with Crippen LogP contribution >= 0.6 is 15.9 Å². The highest BCUT2D eigenvalue weighted by Crippen LogP contribution is 2.27. The third kappa shape index (κ3) is 1.93. The lowest BCUT2D eigenvalue weighted by atomic mass is 10.1. The zero-order chi connectivity index (χ0) is 12.5. The summed E-state index contributed by atoms with van der Waals surface area (Å²) in [5, 5.41) is 0. The van der Waals surface area contributed by atoms with Gasteiger partial charge >= 0.3 is 0 Å². The molecule has 92 valence electrons. The predicted molar refractivity (Wildman–Crippen MR) is 74.1 cm³/mol. The van der Waals surface area contributed by atoms with Crippen molar-refractivity contribution in [1.82, 2.24) is 19.9 Å². The summed E-state index contributed by atoms with van der Waals surface area (Å²) >= 11 is 3.49. The lowest BCUT2D eigenvalue weighted by Crippen LogP contribution is -2.03. The third-order valence-electron chi connectivity index (χ3n) is 2.78. The molecule has 1 aromatic carbocycles. The normalized spacial score (nSPS) is 11.2. The zero-order valence-electron chi connectivity index (χ0n) is 9.57. The summed E-state index contributed by atoms with van der Waals surface area (Å²) in [5.74, 6) is 0.893. The van der Waals surface area contributed by atoms with Crippen molar-refractivity contribution >= 4 is 27.0 Å². The van der Waals surface area contributed by atoms with Crippen molar-refractivity contribution in [1.29, 1.82) is 0 Å². The molecule has 0 spiro atoms. The van der Waals surface area contributed by atoms with E-state index in [1.165, 1.54) is 0 Å². The summed E-state index contributed by atoms with van der Waals surface area (Å²) in [5.41, 5.74) is 9.42. The molecule has 0 saturated carbocycles. The van der Waals surface area contributed by atoms with Gasteiger partial charge in [0.25, 0.3) is 0 Å². The van der Waals surface area contributed by atoms with Gasteiger partial charge in [-0.05, 0) is 34.6 Å². The molecule has 5 nitrogen and oxygen atoms in total. The summed E-state index contributed by atoms with van der Waals surface area (Å²) in [7, 11) is 0. The summed E-state index contributed by atoms with van der Waals surface area (Å²) in [6, 6.07) is 6.02. The maximum atomic E-state index is 5.53. The van der Waals surface area contributed by atoms with Gasteiger partial charge in [-0.3, -0.25) is 0 Å². The third-order valence-corrected chi connectivity index (χ3v) is 3.36. The number of rotatable bonds is 3. The second-order valence-corrected chi connectivity index (χ2v) is 4.81. The first-order valence-corrected chi connectivity index (χ1v) is 6.45. The SMILES string of the molecule is NCCc1nc(-c2ccc3nc[nH]c3c2)c(Br)[nH]1.